The second-order valence-electron chi connectivity index (χ2n) is 7.32. The van der Waals surface area contributed by atoms with Gasteiger partial charge in [0, 0.05) is 22.8 Å². The molecule has 32 heavy (non-hydrogen) atoms. The Hall–Kier alpha value is -3.36. The van der Waals surface area contributed by atoms with Gasteiger partial charge in [0.05, 0.1) is 11.4 Å². The summed E-state index contributed by atoms with van der Waals surface area (Å²) < 4.78 is 7.47. The molecule has 5 rings (SSSR count). The number of aryl methyl sites for hydroxylation is 1. The van der Waals surface area contributed by atoms with Gasteiger partial charge in [-0.25, -0.2) is 4.79 Å². The lowest BCUT2D eigenvalue weighted by Crippen LogP contribution is -2.04. The number of aromatic nitrogens is 3. The van der Waals surface area contributed by atoms with Gasteiger partial charge in [0.2, 0.25) is 0 Å². The summed E-state index contributed by atoms with van der Waals surface area (Å²) in [6, 6.07) is 19.1. The Morgan fingerprint density at radius 2 is 1.94 bits per heavy atom. The van der Waals surface area contributed by atoms with Crippen molar-refractivity contribution in [2.75, 3.05) is 0 Å². The van der Waals surface area contributed by atoms with E-state index in [9.17, 15) is 9.90 Å². The maximum atomic E-state index is 12.2. The van der Waals surface area contributed by atoms with Crippen molar-refractivity contribution in [3.8, 4) is 16.5 Å². The molecule has 0 fully saturated rings. The molecule has 0 saturated heterocycles. The van der Waals surface area contributed by atoms with Gasteiger partial charge >= 0.3 is 5.63 Å². The molecule has 0 aliphatic rings. The summed E-state index contributed by atoms with van der Waals surface area (Å²) in [4.78, 5) is 13.2. The van der Waals surface area contributed by atoms with Crippen molar-refractivity contribution in [1.82, 2.24) is 14.8 Å². The van der Waals surface area contributed by atoms with Gasteiger partial charge in [0.1, 0.15) is 11.3 Å². The molecule has 0 aliphatic carbocycles. The molecule has 160 valence electrons. The Morgan fingerprint density at radius 1 is 1.09 bits per heavy atom. The summed E-state index contributed by atoms with van der Waals surface area (Å²) in [5, 5.41) is 22.5. The van der Waals surface area contributed by atoms with Crippen LogP contribution in [0.15, 0.2) is 80.4 Å². The van der Waals surface area contributed by atoms with Crippen LogP contribution in [0.1, 0.15) is 16.7 Å². The molecule has 1 N–H and O–H groups in total. The Bertz CT molecular complexity index is 1440. The fraction of sp³-hybridized carbons (Fsp3) is 0.125. The number of thioether (sulfide) groups is 1. The highest BCUT2D eigenvalue weighted by atomic mass is 32.2. The van der Waals surface area contributed by atoms with Crippen molar-refractivity contribution in [2.24, 2.45) is 0 Å². The van der Waals surface area contributed by atoms with Crippen LogP contribution in [0.4, 0.5) is 0 Å². The topological polar surface area (TPSA) is 81.2 Å². The van der Waals surface area contributed by atoms with Crippen LogP contribution < -0.4 is 5.63 Å². The van der Waals surface area contributed by atoms with Gasteiger partial charge < -0.3 is 9.52 Å². The largest absolute Gasteiger partial charge is 0.508 e. The predicted molar refractivity (Wildman–Crippen MR) is 127 cm³/mol. The van der Waals surface area contributed by atoms with Crippen LogP contribution in [0.25, 0.3) is 21.7 Å². The molecule has 3 aromatic heterocycles. The minimum Gasteiger partial charge on any atom is -0.508 e. The molecule has 0 amide bonds. The molecule has 0 unspecified atom stereocenters. The fourth-order valence-corrected chi connectivity index (χ4v) is 5.22. The van der Waals surface area contributed by atoms with E-state index >= 15 is 0 Å². The molecule has 0 radical (unpaired) electrons. The van der Waals surface area contributed by atoms with E-state index in [0.29, 0.717) is 23.4 Å². The average Bonchev–Trinajstić information content (AvgIpc) is 3.46. The maximum Gasteiger partial charge on any atom is 0.336 e. The Labute approximate surface area is 192 Å². The zero-order valence-electron chi connectivity index (χ0n) is 17.2. The normalized spacial score (nSPS) is 11.3. The van der Waals surface area contributed by atoms with Crippen molar-refractivity contribution >= 4 is 34.1 Å². The van der Waals surface area contributed by atoms with Gasteiger partial charge in [-0.3, -0.25) is 4.57 Å². The van der Waals surface area contributed by atoms with Crippen LogP contribution in [-0.2, 0) is 12.3 Å². The van der Waals surface area contributed by atoms with Crippen molar-refractivity contribution in [3.63, 3.8) is 0 Å². The first-order chi connectivity index (χ1) is 15.6. The second-order valence-corrected chi connectivity index (χ2v) is 9.21. The molecule has 8 heteroatoms. The van der Waals surface area contributed by atoms with Gasteiger partial charge in [-0.1, -0.05) is 48.2 Å². The number of hydrogen-bond donors (Lipinski definition) is 1. The first-order valence-electron chi connectivity index (χ1n) is 9.99. The van der Waals surface area contributed by atoms with Crippen LogP contribution >= 0.6 is 23.1 Å². The quantitative estimate of drug-likeness (QED) is 0.267. The molecule has 0 atom stereocenters. The van der Waals surface area contributed by atoms with E-state index in [-0.39, 0.29) is 5.75 Å². The van der Waals surface area contributed by atoms with Gasteiger partial charge in [-0.2, -0.15) is 0 Å². The predicted octanol–water partition coefficient (Wildman–Crippen LogP) is 5.47. The molecule has 2 aromatic carbocycles. The number of phenolic OH excluding ortho intramolecular Hbond substituents is 1. The Morgan fingerprint density at radius 3 is 2.72 bits per heavy atom. The SMILES string of the molecule is Cc1c(O)ccc2c(CSc3nnc(-c4cccs4)n3Cc3ccccc3)cc(=O)oc12. The van der Waals surface area contributed by atoms with E-state index in [1.54, 1.807) is 30.4 Å². The Kier molecular flexibility index (Phi) is 5.55. The molecule has 0 bridgehead atoms. The number of fused-ring (bicyclic) bond motifs is 1. The zero-order valence-corrected chi connectivity index (χ0v) is 18.8. The molecular weight excluding hydrogens is 442 g/mol. The standard InChI is InChI=1S/C24H19N3O3S2/c1-15-19(28)10-9-18-17(12-21(29)30-22(15)18)14-32-24-26-25-23(20-8-5-11-31-20)27(24)13-16-6-3-2-4-7-16/h2-12,28H,13-14H2,1H3. The van der Waals surface area contributed by atoms with E-state index in [1.165, 1.54) is 17.8 Å². The van der Waals surface area contributed by atoms with Crippen LogP contribution in [0.2, 0.25) is 0 Å². The summed E-state index contributed by atoms with van der Waals surface area (Å²) in [7, 11) is 0. The lowest BCUT2D eigenvalue weighted by molar-refractivity contribution is 0.468. The summed E-state index contributed by atoms with van der Waals surface area (Å²) in [5.74, 6) is 1.45. The van der Waals surface area contributed by atoms with E-state index in [4.69, 9.17) is 4.42 Å². The minimum atomic E-state index is -0.438. The third-order valence-corrected chi connectivity index (χ3v) is 7.10. The van der Waals surface area contributed by atoms with Crippen molar-refractivity contribution in [1.29, 1.82) is 0 Å². The number of benzene rings is 2. The van der Waals surface area contributed by atoms with Gasteiger partial charge in [0.25, 0.3) is 0 Å². The minimum absolute atomic E-state index is 0.105. The van der Waals surface area contributed by atoms with Crippen LogP contribution in [0.5, 0.6) is 5.75 Å². The average molecular weight is 462 g/mol. The molecular formula is C24H19N3O3S2. The molecule has 0 aliphatic heterocycles. The summed E-state index contributed by atoms with van der Waals surface area (Å²) in [6.45, 7) is 2.38. The van der Waals surface area contributed by atoms with E-state index in [2.05, 4.69) is 26.9 Å². The molecule has 6 nitrogen and oxygen atoms in total. The number of aromatic hydroxyl groups is 1. The number of hydrogen-bond acceptors (Lipinski definition) is 7. The summed E-state index contributed by atoms with van der Waals surface area (Å²) >= 11 is 3.15. The smallest absolute Gasteiger partial charge is 0.336 e. The third-order valence-electron chi connectivity index (χ3n) is 5.22. The highest BCUT2D eigenvalue weighted by molar-refractivity contribution is 7.98. The van der Waals surface area contributed by atoms with Crippen molar-refractivity contribution in [3.05, 3.63) is 93.2 Å². The number of phenols is 1. The molecule has 5 aromatic rings. The molecule has 3 heterocycles. The lowest BCUT2D eigenvalue weighted by Gasteiger charge is -2.11. The van der Waals surface area contributed by atoms with E-state index in [1.807, 2.05) is 35.7 Å². The van der Waals surface area contributed by atoms with Gasteiger partial charge in [0.15, 0.2) is 11.0 Å². The highest BCUT2D eigenvalue weighted by Gasteiger charge is 2.17. The van der Waals surface area contributed by atoms with Gasteiger partial charge in [-0.15, -0.1) is 21.5 Å². The van der Waals surface area contributed by atoms with Crippen molar-refractivity contribution in [2.45, 2.75) is 24.4 Å². The van der Waals surface area contributed by atoms with Crippen LogP contribution in [0.3, 0.4) is 0 Å². The molecule has 0 spiro atoms. The van der Waals surface area contributed by atoms with E-state index in [0.717, 1.165) is 32.4 Å². The van der Waals surface area contributed by atoms with E-state index < -0.39 is 5.63 Å². The third kappa shape index (κ3) is 3.94. The number of nitrogens with zero attached hydrogens (tertiary/aromatic N) is 3. The highest BCUT2D eigenvalue weighted by Crippen LogP contribution is 2.33. The number of rotatable bonds is 6. The van der Waals surface area contributed by atoms with Crippen LogP contribution in [-0.4, -0.2) is 19.9 Å². The number of thiophene rings is 1. The Balaban J connectivity index is 1.51. The lowest BCUT2D eigenvalue weighted by atomic mass is 10.1. The van der Waals surface area contributed by atoms with Crippen molar-refractivity contribution < 1.29 is 9.52 Å². The summed E-state index contributed by atoms with van der Waals surface area (Å²) in [5.41, 5.74) is 2.52. The van der Waals surface area contributed by atoms with Crippen LogP contribution in [0, 0.1) is 6.92 Å². The zero-order chi connectivity index (χ0) is 22.1. The second kappa shape index (κ2) is 8.64. The fourth-order valence-electron chi connectivity index (χ4n) is 3.57. The first kappa shape index (κ1) is 20.5. The first-order valence-corrected chi connectivity index (χ1v) is 11.9. The summed E-state index contributed by atoms with van der Waals surface area (Å²) in [6.07, 6.45) is 0. The maximum absolute atomic E-state index is 12.2. The van der Waals surface area contributed by atoms with Gasteiger partial charge in [-0.05, 0) is 41.6 Å². The monoisotopic (exact) mass is 461 g/mol. The molecule has 0 saturated carbocycles.